The molecule has 2 aromatic rings. The van der Waals surface area contributed by atoms with E-state index in [0.717, 1.165) is 26.2 Å². The minimum Gasteiger partial charge on any atom is -0.504 e. The molecule has 3 N–H and O–H groups in total. The Morgan fingerprint density at radius 1 is 1.14 bits per heavy atom. The molecule has 0 aliphatic carbocycles. The Bertz CT molecular complexity index is 1120. The highest BCUT2D eigenvalue weighted by Gasteiger charge is 2.35. The standard InChI is InChI=1S/C26H32N4O5/c1-4-35-22-15-18(9-10-21(22)31)24-23(25(32)34-3)19(27-26(33)28-24)16-29-11-13-30(14-12-29)20-8-6-5-7-17(20)2/h5-10,15,24,31H,4,11-14,16H2,1-3H3,(H2,27,28,33)/t24-/m0/s1. The van der Waals surface area contributed by atoms with Crippen LogP contribution in [0, 0.1) is 6.92 Å². The van der Waals surface area contributed by atoms with Crippen molar-refractivity contribution in [3.05, 3.63) is 64.9 Å². The normalized spacial score (nSPS) is 18.7. The summed E-state index contributed by atoms with van der Waals surface area (Å²) < 4.78 is 10.6. The van der Waals surface area contributed by atoms with E-state index in [2.05, 4.69) is 39.5 Å². The van der Waals surface area contributed by atoms with Crippen LogP contribution in [0.4, 0.5) is 10.5 Å². The number of urea groups is 1. The zero-order chi connectivity index (χ0) is 24.9. The van der Waals surface area contributed by atoms with E-state index in [1.54, 1.807) is 12.1 Å². The van der Waals surface area contributed by atoms with Crippen molar-refractivity contribution in [2.24, 2.45) is 0 Å². The van der Waals surface area contributed by atoms with Crippen LogP contribution in [0.3, 0.4) is 0 Å². The van der Waals surface area contributed by atoms with Crippen molar-refractivity contribution in [3.8, 4) is 11.5 Å². The third kappa shape index (κ3) is 5.35. The first-order chi connectivity index (χ1) is 16.9. The van der Waals surface area contributed by atoms with Crippen molar-refractivity contribution in [2.45, 2.75) is 19.9 Å². The number of piperazine rings is 1. The number of carbonyl (C=O) groups is 2. The third-order valence-corrected chi connectivity index (χ3v) is 6.39. The molecule has 2 aliphatic heterocycles. The first-order valence-electron chi connectivity index (χ1n) is 11.8. The molecule has 2 heterocycles. The van der Waals surface area contributed by atoms with E-state index in [9.17, 15) is 14.7 Å². The molecule has 9 heteroatoms. The second-order valence-corrected chi connectivity index (χ2v) is 8.63. The summed E-state index contributed by atoms with van der Waals surface area (Å²) in [6.07, 6.45) is 0. The largest absolute Gasteiger partial charge is 0.504 e. The Labute approximate surface area is 205 Å². The summed E-state index contributed by atoms with van der Waals surface area (Å²) in [5, 5.41) is 15.7. The lowest BCUT2D eigenvalue weighted by atomic mass is 9.94. The smallest absolute Gasteiger partial charge is 0.338 e. The van der Waals surface area contributed by atoms with Gasteiger partial charge in [-0.1, -0.05) is 24.3 Å². The molecule has 2 aromatic carbocycles. The number of phenolic OH excluding ortho intramolecular Hbond substituents is 1. The fourth-order valence-electron chi connectivity index (χ4n) is 4.61. The molecule has 2 aliphatic rings. The number of methoxy groups -OCH3 is 1. The Hall–Kier alpha value is -3.72. The number of rotatable bonds is 7. The van der Waals surface area contributed by atoms with Crippen LogP contribution in [0.2, 0.25) is 0 Å². The van der Waals surface area contributed by atoms with E-state index < -0.39 is 18.0 Å². The first kappa shape index (κ1) is 24.4. The van der Waals surface area contributed by atoms with E-state index in [1.807, 2.05) is 19.1 Å². The predicted octanol–water partition coefficient (Wildman–Crippen LogP) is 2.70. The number of carbonyl (C=O) groups excluding carboxylic acids is 2. The Balaban J connectivity index is 1.58. The molecule has 1 saturated heterocycles. The number of phenols is 1. The second-order valence-electron chi connectivity index (χ2n) is 8.63. The molecule has 0 unspecified atom stereocenters. The van der Waals surface area contributed by atoms with Crippen LogP contribution in [-0.2, 0) is 9.53 Å². The molecular weight excluding hydrogens is 448 g/mol. The molecule has 2 amide bonds. The van der Waals surface area contributed by atoms with Gasteiger partial charge in [-0.25, -0.2) is 9.59 Å². The van der Waals surface area contributed by atoms with Gasteiger partial charge in [0.05, 0.1) is 25.3 Å². The molecule has 0 bridgehead atoms. The number of nitrogens with one attached hydrogen (secondary N) is 2. The molecule has 186 valence electrons. The summed E-state index contributed by atoms with van der Waals surface area (Å²) >= 11 is 0. The molecule has 0 spiro atoms. The molecule has 0 radical (unpaired) electrons. The second kappa shape index (κ2) is 10.7. The number of hydrogen-bond donors (Lipinski definition) is 3. The Kier molecular flexibility index (Phi) is 7.45. The van der Waals surface area contributed by atoms with E-state index in [0.29, 0.717) is 30.0 Å². The van der Waals surface area contributed by atoms with Gasteiger partial charge in [-0.3, -0.25) is 4.90 Å². The van der Waals surface area contributed by atoms with Crippen LogP contribution in [0.1, 0.15) is 24.1 Å². The molecule has 1 atom stereocenters. The molecular formula is C26H32N4O5. The number of aromatic hydroxyl groups is 1. The zero-order valence-corrected chi connectivity index (χ0v) is 20.3. The van der Waals surface area contributed by atoms with Crippen molar-refractivity contribution in [3.63, 3.8) is 0 Å². The number of amides is 2. The fourth-order valence-corrected chi connectivity index (χ4v) is 4.61. The molecule has 9 nitrogen and oxygen atoms in total. The molecule has 35 heavy (non-hydrogen) atoms. The van der Waals surface area contributed by atoms with Crippen LogP contribution in [0.5, 0.6) is 11.5 Å². The Morgan fingerprint density at radius 2 is 1.89 bits per heavy atom. The highest BCUT2D eigenvalue weighted by Crippen LogP contribution is 2.34. The van der Waals surface area contributed by atoms with E-state index >= 15 is 0 Å². The summed E-state index contributed by atoms with van der Waals surface area (Å²) in [5.74, 6) is -0.246. The van der Waals surface area contributed by atoms with Crippen LogP contribution in [-0.4, -0.2) is 68.4 Å². The number of ether oxygens (including phenoxy) is 2. The highest BCUT2D eigenvalue weighted by atomic mass is 16.5. The van der Waals surface area contributed by atoms with Crippen molar-refractivity contribution in [2.75, 3.05) is 51.3 Å². The lowest BCUT2D eigenvalue weighted by molar-refractivity contribution is -0.136. The van der Waals surface area contributed by atoms with Crippen molar-refractivity contribution >= 4 is 17.7 Å². The number of esters is 1. The maximum absolute atomic E-state index is 12.9. The highest BCUT2D eigenvalue weighted by molar-refractivity contribution is 5.95. The quantitative estimate of drug-likeness (QED) is 0.524. The molecule has 0 aromatic heterocycles. The van der Waals surface area contributed by atoms with Gasteiger partial charge in [-0.15, -0.1) is 0 Å². The third-order valence-electron chi connectivity index (χ3n) is 6.39. The maximum Gasteiger partial charge on any atom is 0.338 e. The lowest BCUT2D eigenvalue weighted by Crippen LogP contribution is -2.51. The first-order valence-corrected chi connectivity index (χ1v) is 11.8. The van der Waals surface area contributed by atoms with Crippen LogP contribution in [0.25, 0.3) is 0 Å². The number of anilines is 1. The summed E-state index contributed by atoms with van der Waals surface area (Å²) in [6.45, 7) is 7.96. The number of para-hydroxylation sites is 1. The summed E-state index contributed by atoms with van der Waals surface area (Å²) in [4.78, 5) is 30.1. The SMILES string of the molecule is CCOc1cc([C@@H]2NC(=O)NC(CN3CCN(c4ccccc4C)CC3)=C2C(=O)OC)ccc1O. The summed E-state index contributed by atoms with van der Waals surface area (Å²) in [7, 11) is 1.32. The van der Waals surface area contributed by atoms with E-state index in [-0.39, 0.29) is 11.5 Å². The molecule has 0 saturated carbocycles. The van der Waals surface area contributed by atoms with Crippen LogP contribution < -0.4 is 20.3 Å². The Morgan fingerprint density at radius 3 is 2.57 bits per heavy atom. The summed E-state index contributed by atoms with van der Waals surface area (Å²) in [5.41, 5.74) is 3.94. The average Bonchev–Trinajstić information content (AvgIpc) is 2.85. The maximum atomic E-state index is 12.9. The topological polar surface area (TPSA) is 103 Å². The zero-order valence-electron chi connectivity index (χ0n) is 20.3. The van der Waals surface area contributed by atoms with Crippen molar-refractivity contribution in [1.29, 1.82) is 0 Å². The van der Waals surface area contributed by atoms with Crippen molar-refractivity contribution < 1.29 is 24.2 Å². The van der Waals surface area contributed by atoms with E-state index in [1.165, 1.54) is 24.4 Å². The van der Waals surface area contributed by atoms with Crippen molar-refractivity contribution in [1.82, 2.24) is 15.5 Å². The van der Waals surface area contributed by atoms with Gasteiger partial charge in [0.25, 0.3) is 0 Å². The number of hydrogen-bond acceptors (Lipinski definition) is 7. The van der Waals surface area contributed by atoms with Gasteiger partial charge in [-0.05, 0) is 43.2 Å². The molecule has 4 rings (SSSR count). The fraction of sp³-hybridized carbons (Fsp3) is 0.385. The van der Waals surface area contributed by atoms with Gasteiger partial charge < -0.3 is 30.1 Å². The van der Waals surface area contributed by atoms with Gasteiger partial charge in [0.1, 0.15) is 0 Å². The van der Waals surface area contributed by atoms with Gasteiger partial charge in [-0.2, -0.15) is 0 Å². The lowest BCUT2D eigenvalue weighted by Gasteiger charge is -2.38. The van der Waals surface area contributed by atoms with E-state index in [4.69, 9.17) is 9.47 Å². The minimum atomic E-state index is -0.737. The van der Waals surface area contributed by atoms with Gasteiger partial charge in [0.15, 0.2) is 11.5 Å². The average molecular weight is 481 g/mol. The number of nitrogens with zero attached hydrogens (tertiary/aromatic N) is 2. The minimum absolute atomic E-state index is 0.00814. The molecule has 1 fully saturated rings. The predicted molar refractivity (Wildman–Crippen MR) is 133 cm³/mol. The summed E-state index contributed by atoms with van der Waals surface area (Å²) in [6, 6.07) is 12.0. The number of aryl methyl sites for hydroxylation is 1. The van der Waals surface area contributed by atoms with Gasteiger partial charge in [0.2, 0.25) is 0 Å². The van der Waals surface area contributed by atoms with Crippen LogP contribution in [0.15, 0.2) is 53.7 Å². The number of benzene rings is 2. The van der Waals surface area contributed by atoms with Crippen LogP contribution >= 0.6 is 0 Å². The van der Waals surface area contributed by atoms with Gasteiger partial charge in [0, 0.05) is 44.1 Å². The van der Waals surface area contributed by atoms with Gasteiger partial charge >= 0.3 is 12.0 Å². The monoisotopic (exact) mass is 480 g/mol.